The van der Waals surface area contributed by atoms with Crippen LogP contribution in [0.15, 0.2) is 182 Å². The lowest BCUT2D eigenvalue weighted by Crippen LogP contribution is -2.10. The van der Waals surface area contributed by atoms with Gasteiger partial charge in [0.1, 0.15) is 11.0 Å². The van der Waals surface area contributed by atoms with Crippen LogP contribution in [-0.2, 0) is 0 Å². The Morgan fingerprint density at radius 1 is 0.431 bits per heavy atom. The third kappa shape index (κ3) is 4.90. The molecule has 0 spiro atoms. The zero-order valence-electron chi connectivity index (χ0n) is 27.5. The standard InChI is InChI=1S/C46H30N4S/c1-3-11-31(12-4-1)32-19-24-36(25-20-32)49(35-14-5-2-6-15-35)43-30-29-38(44-45(43)48-51-47-44)34-21-26-37(27-22-34)50-42-18-10-9-17-40(42)41-28-23-33-13-7-8-16-39(33)46(41)50/h1-30H. The monoisotopic (exact) mass is 670 g/mol. The Morgan fingerprint density at radius 3 is 1.86 bits per heavy atom. The fourth-order valence-corrected chi connectivity index (χ4v) is 8.06. The molecule has 0 bridgehead atoms. The fourth-order valence-electron chi connectivity index (χ4n) is 7.49. The van der Waals surface area contributed by atoms with Crippen molar-refractivity contribution < 1.29 is 0 Å². The number of benzene rings is 8. The summed E-state index contributed by atoms with van der Waals surface area (Å²) in [6, 6.07) is 64.8. The van der Waals surface area contributed by atoms with Crippen LogP contribution in [-0.4, -0.2) is 13.3 Å². The van der Waals surface area contributed by atoms with Crippen LogP contribution in [0.1, 0.15) is 0 Å². The van der Waals surface area contributed by atoms with Crippen molar-refractivity contribution in [1.82, 2.24) is 13.3 Å². The molecule has 0 N–H and O–H groups in total. The van der Waals surface area contributed by atoms with Crippen LogP contribution < -0.4 is 4.90 Å². The Balaban J connectivity index is 1.08. The van der Waals surface area contributed by atoms with Crippen molar-refractivity contribution in [2.45, 2.75) is 0 Å². The molecule has 51 heavy (non-hydrogen) atoms. The number of rotatable bonds is 6. The van der Waals surface area contributed by atoms with Gasteiger partial charge in [-0.05, 0) is 76.7 Å². The highest BCUT2D eigenvalue weighted by molar-refractivity contribution is 7.00. The summed E-state index contributed by atoms with van der Waals surface area (Å²) in [5.41, 5.74) is 13.0. The van der Waals surface area contributed by atoms with E-state index in [4.69, 9.17) is 8.75 Å². The topological polar surface area (TPSA) is 34.0 Å². The fraction of sp³-hybridized carbons (Fsp3) is 0. The number of hydrogen-bond donors (Lipinski definition) is 0. The molecule has 0 aliphatic rings. The maximum Gasteiger partial charge on any atom is 0.129 e. The number of para-hydroxylation sites is 2. The van der Waals surface area contributed by atoms with E-state index in [-0.39, 0.29) is 0 Å². The van der Waals surface area contributed by atoms with Crippen molar-refractivity contribution >= 4 is 72.4 Å². The van der Waals surface area contributed by atoms with Crippen molar-refractivity contribution in [3.63, 3.8) is 0 Å². The van der Waals surface area contributed by atoms with E-state index in [0.717, 1.165) is 44.9 Å². The van der Waals surface area contributed by atoms with Crippen LogP contribution in [0.2, 0.25) is 0 Å². The molecule has 0 aliphatic heterocycles. The van der Waals surface area contributed by atoms with Gasteiger partial charge in [-0.2, -0.15) is 8.75 Å². The summed E-state index contributed by atoms with van der Waals surface area (Å²) >= 11 is 1.26. The maximum absolute atomic E-state index is 4.88. The molecule has 0 saturated carbocycles. The van der Waals surface area contributed by atoms with Crippen molar-refractivity contribution in [3.05, 3.63) is 182 Å². The second-order valence-electron chi connectivity index (χ2n) is 12.8. The summed E-state index contributed by atoms with van der Waals surface area (Å²) in [6.07, 6.45) is 0. The predicted molar refractivity (Wildman–Crippen MR) is 215 cm³/mol. The van der Waals surface area contributed by atoms with E-state index in [1.807, 2.05) is 6.07 Å². The molecule has 10 rings (SSSR count). The van der Waals surface area contributed by atoms with Crippen molar-refractivity contribution in [1.29, 1.82) is 0 Å². The molecule has 240 valence electrons. The van der Waals surface area contributed by atoms with Gasteiger partial charge in [0.2, 0.25) is 0 Å². The molecule has 0 amide bonds. The van der Waals surface area contributed by atoms with Crippen LogP contribution in [0.3, 0.4) is 0 Å². The Morgan fingerprint density at radius 2 is 1.06 bits per heavy atom. The van der Waals surface area contributed by atoms with E-state index in [9.17, 15) is 0 Å². The van der Waals surface area contributed by atoms with Gasteiger partial charge in [0.25, 0.3) is 0 Å². The molecule has 0 fully saturated rings. The lowest BCUT2D eigenvalue weighted by atomic mass is 10.0. The lowest BCUT2D eigenvalue weighted by molar-refractivity contribution is 1.19. The minimum Gasteiger partial charge on any atom is -0.309 e. The van der Waals surface area contributed by atoms with Crippen LogP contribution in [0, 0.1) is 0 Å². The second-order valence-corrected chi connectivity index (χ2v) is 13.3. The molecule has 0 saturated heterocycles. The Bertz CT molecular complexity index is 2840. The number of aromatic nitrogens is 3. The molecule has 0 radical (unpaired) electrons. The van der Waals surface area contributed by atoms with E-state index in [1.165, 1.54) is 55.4 Å². The predicted octanol–water partition coefficient (Wildman–Crippen LogP) is 12.7. The number of hydrogen-bond acceptors (Lipinski definition) is 4. The normalized spacial score (nSPS) is 11.5. The lowest BCUT2D eigenvalue weighted by Gasteiger charge is -2.26. The summed E-state index contributed by atoms with van der Waals surface area (Å²) in [5, 5.41) is 5.00. The molecule has 0 aliphatic carbocycles. The third-order valence-corrected chi connectivity index (χ3v) is 10.4. The van der Waals surface area contributed by atoms with Gasteiger partial charge < -0.3 is 9.47 Å². The molecule has 8 aromatic carbocycles. The smallest absolute Gasteiger partial charge is 0.129 e. The first-order valence-electron chi connectivity index (χ1n) is 17.1. The van der Waals surface area contributed by atoms with Gasteiger partial charge in [-0.1, -0.05) is 127 Å². The first-order chi connectivity index (χ1) is 25.3. The molecule has 4 nitrogen and oxygen atoms in total. The quantitative estimate of drug-likeness (QED) is 0.177. The average Bonchev–Trinajstić information content (AvgIpc) is 3.84. The summed E-state index contributed by atoms with van der Waals surface area (Å²) in [7, 11) is 0. The third-order valence-electron chi connectivity index (χ3n) is 9.88. The minimum absolute atomic E-state index is 0.881. The second kappa shape index (κ2) is 12.1. The minimum atomic E-state index is 0.881. The molecule has 10 aromatic rings. The molecule has 0 atom stereocenters. The van der Waals surface area contributed by atoms with E-state index < -0.39 is 0 Å². The molecule has 0 unspecified atom stereocenters. The average molecular weight is 671 g/mol. The zero-order valence-corrected chi connectivity index (χ0v) is 28.3. The van der Waals surface area contributed by atoms with E-state index in [1.54, 1.807) is 0 Å². The molecule has 2 heterocycles. The first-order valence-corrected chi connectivity index (χ1v) is 17.8. The molecule has 2 aromatic heterocycles. The summed E-state index contributed by atoms with van der Waals surface area (Å²) in [4.78, 5) is 2.28. The molecule has 5 heteroatoms. The van der Waals surface area contributed by atoms with Gasteiger partial charge in [-0.15, -0.1) is 0 Å². The highest BCUT2D eigenvalue weighted by Crippen LogP contribution is 2.42. The maximum atomic E-state index is 4.88. The van der Waals surface area contributed by atoms with Crippen LogP contribution in [0.5, 0.6) is 0 Å². The Kier molecular flexibility index (Phi) is 6.96. The van der Waals surface area contributed by atoms with Gasteiger partial charge in [0, 0.05) is 38.8 Å². The van der Waals surface area contributed by atoms with Gasteiger partial charge in [-0.25, -0.2) is 0 Å². The van der Waals surface area contributed by atoms with Crippen molar-refractivity contribution in [2.24, 2.45) is 0 Å². The largest absolute Gasteiger partial charge is 0.309 e. The van der Waals surface area contributed by atoms with Crippen LogP contribution in [0.4, 0.5) is 17.1 Å². The Labute approximate surface area is 299 Å². The van der Waals surface area contributed by atoms with Crippen molar-refractivity contribution in [2.75, 3.05) is 4.90 Å². The first kappa shape index (κ1) is 29.4. The van der Waals surface area contributed by atoms with Gasteiger partial charge >= 0.3 is 0 Å². The van der Waals surface area contributed by atoms with Gasteiger partial charge in [-0.3, -0.25) is 0 Å². The molecular formula is C46H30N4S. The van der Waals surface area contributed by atoms with Crippen LogP contribution in [0.25, 0.3) is 71.6 Å². The summed E-state index contributed by atoms with van der Waals surface area (Å²) in [6.45, 7) is 0. The highest BCUT2D eigenvalue weighted by atomic mass is 32.1. The highest BCUT2D eigenvalue weighted by Gasteiger charge is 2.21. The van der Waals surface area contributed by atoms with Gasteiger partial charge in [0.15, 0.2) is 0 Å². The number of anilines is 3. The Hall–Kier alpha value is -6.56. The summed E-state index contributed by atoms with van der Waals surface area (Å²) in [5.74, 6) is 0. The van der Waals surface area contributed by atoms with E-state index in [0.29, 0.717) is 0 Å². The zero-order chi connectivity index (χ0) is 33.7. The van der Waals surface area contributed by atoms with Gasteiger partial charge in [0.05, 0.1) is 28.4 Å². The van der Waals surface area contributed by atoms with E-state index in [2.05, 4.69) is 185 Å². The van der Waals surface area contributed by atoms with Crippen LogP contribution >= 0.6 is 11.7 Å². The van der Waals surface area contributed by atoms with Crippen molar-refractivity contribution in [3.8, 4) is 27.9 Å². The SMILES string of the molecule is c1ccc(-c2ccc(N(c3ccccc3)c3ccc(-c4ccc(-n5c6ccccc6c6ccc7ccccc7c65)cc4)c4nsnc34)cc2)cc1. The number of nitrogens with zero attached hydrogens (tertiary/aromatic N) is 4. The number of fused-ring (bicyclic) bond motifs is 6. The summed E-state index contributed by atoms with van der Waals surface area (Å²) < 4.78 is 12.2. The molecular weight excluding hydrogens is 641 g/mol. The van der Waals surface area contributed by atoms with E-state index >= 15 is 0 Å².